The van der Waals surface area contributed by atoms with E-state index in [0.29, 0.717) is 5.41 Å². The molecule has 4 heteroatoms. The van der Waals surface area contributed by atoms with Crippen molar-refractivity contribution in [1.82, 2.24) is 10.2 Å². The van der Waals surface area contributed by atoms with Gasteiger partial charge in [0, 0.05) is 38.7 Å². The van der Waals surface area contributed by atoms with Gasteiger partial charge in [0.2, 0.25) is 0 Å². The zero-order valence-corrected chi connectivity index (χ0v) is 13.6. The SMILES string of the molecule is CN=C(NCCC1CCCCC1)N1CCC2(CCOC2)C1. The number of hydrogen-bond acceptors (Lipinski definition) is 2. The molecule has 2 heterocycles. The van der Waals surface area contributed by atoms with E-state index in [9.17, 15) is 0 Å². The van der Waals surface area contributed by atoms with E-state index >= 15 is 0 Å². The molecular formula is C17H31N3O. The molecule has 3 fully saturated rings. The molecule has 1 aliphatic carbocycles. The molecule has 1 unspecified atom stereocenters. The Morgan fingerprint density at radius 1 is 1.29 bits per heavy atom. The van der Waals surface area contributed by atoms with E-state index in [1.165, 1.54) is 51.4 Å². The van der Waals surface area contributed by atoms with Gasteiger partial charge in [-0.15, -0.1) is 0 Å². The molecule has 1 saturated carbocycles. The van der Waals surface area contributed by atoms with Crippen molar-refractivity contribution in [2.24, 2.45) is 16.3 Å². The lowest BCUT2D eigenvalue weighted by molar-refractivity contribution is 0.156. The minimum Gasteiger partial charge on any atom is -0.381 e. The van der Waals surface area contributed by atoms with Crippen LogP contribution >= 0.6 is 0 Å². The first-order chi connectivity index (χ1) is 10.3. The van der Waals surface area contributed by atoms with Gasteiger partial charge in [-0.3, -0.25) is 4.99 Å². The van der Waals surface area contributed by atoms with Crippen molar-refractivity contribution in [3.8, 4) is 0 Å². The second-order valence-electron chi connectivity index (χ2n) is 7.24. The molecule has 0 aromatic rings. The van der Waals surface area contributed by atoms with Gasteiger partial charge in [0.1, 0.15) is 0 Å². The Hall–Kier alpha value is -0.770. The Morgan fingerprint density at radius 2 is 2.14 bits per heavy atom. The highest BCUT2D eigenvalue weighted by Crippen LogP contribution is 2.38. The van der Waals surface area contributed by atoms with Crippen LogP contribution in [0.5, 0.6) is 0 Å². The highest BCUT2D eigenvalue weighted by atomic mass is 16.5. The van der Waals surface area contributed by atoms with Crippen molar-refractivity contribution >= 4 is 5.96 Å². The fraction of sp³-hybridized carbons (Fsp3) is 0.941. The van der Waals surface area contributed by atoms with Gasteiger partial charge in [0.15, 0.2) is 5.96 Å². The van der Waals surface area contributed by atoms with Crippen LogP contribution in [-0.4, -0.2) is 50.8 Å². The first-order valence-electron chi connectivity index (χ1n) is 8.85. The van der Waals surface area contributed by atoms with E-state index in [4.69, 9.17) is 4.74 Å². The normalized spacial score (nSPS) is 31.3. The van der Waals surface area contributed by atoms with E-state index in [-0.39, 0.29) is 0 Å². The van der Waals surface area contributed by atoms with Gasteiger partial charge in [-0.25, -0.2) is 0 Å². The molecule has 1 atom stereocenters. The van der Waals surface area contributed by atoms with Gasteiger partial charge < -0.3 is 15.0 Å². The number of guanidine groups is 1. The van der Waals surface area contributed by atoms with Crippen molar-refractivity contribution in [3.05, 3.63) is 0 Å². The molecule has 2 aliphatic heterocycles. The zero-order valence-electron chi connectivity index (χ0n) is 13.6. The zero-order chi connectivity index (χ0) is 14.5. The summed E-state index contributed by atoms with van der Waals surface area (Å²) >= 11 is 0. The summed E-state index contributed by atoms with van der Waals surface area (Å²) in [5.74, 6) is 2.05. The second kappa shape index (κ2) is 6.99. The fourth-order valence-corrected chi connectivity index (χ4v) is 4.28. The quantitative estimate of drug-likeness (QED) is 0.642. The molecule has 0 radical (unpaired) electrons. The lowest BCUT2D eigenvalue weighted by atomic mass is 9.87. The van der Waals surface area contributed by atoms with E-state index in [1.807, 2.05) is 7.05 Å². The molecule has 3 aliphatic rings. The topological polar surface area (TPSA) is 36.9 Å². The number of hydrogen-bond donors (Lipinski definition) is 1. The van der Waals surface area contributed by atoms with Crippen LogP contribution in [0.1, 0.15) is 51.4 Å². The Bertz CT molecular complexity index is 357. The third-order valence-corrected chi connectivity index (χ3v) is 5.70. The molecule has 2 saturated heterocycles. The molecule has 3 rings (SSSR count). The monoisotopic (exact) mass is 293 g/mol. The summed E-state index contributed by atoms with van der Waals surface area (Å²) in [4.78, 5) is 6.94. The molecule has 21 heavy (non-hydrogen) atoms. The maximum atomic E-state index is 5.62. The van der Waals surface area contributed by atoms with Crippen molar-refractivity contribution < 1.29 is 4.74 Å². The number of ether oxygens (including phenoxy) is 1. The summed E-state index contributed by atoms with van der Waals surface area (Å²) < 4.78 is 5.62. The van der Waals surface area contributed by atoms with E-state index in [1.54, 1.807) is 0 Å². The van der Waals surface area contributed by atoms with Crippen molar-refractivity contribution in [1.29, 1.82) is 0 Å². The molecule has 0 aromatic carbocycles. The summed E-state index contributed by atoms with van der Waals surface area (Å²) in [5.41, 5.74) is 0.418. The van der Waals surface area contributed by atoms with Crippen LogP contribution in [0, 0.1) is 11.3 Å². The molecule has 1 N–H and O–H groups in total. The van der Waals surface area contributed by atoms with Crippen molar-refractivity contribution in [2.45, 2.75) is 51.4 Å². The lowest BCUT2D eigenvalue weighted by Gasteiger charge is -2.26. The summed E-state index contributed by atoms with van der Waals surface area (Å²) in [6.07, 6.45) is 11.0. The van der Waals surface area contributed by atoms with Crippen LogP contribution in [0.3, 0.4) is 0 Å². The Morgan fingerprint density at radius 3 is 2.86 bits per heavy atom. The Labute approximate surface area is 129 Å². The van der Waals surface area contributed by atoms with Gasteiger partial charge in [-0.05, 0) is 25.2 Å². The van der Waals surface area contributed by atoms with Gasteiger partial charge >= 0.3 is 0 Å². The van der Waals surface area contributed by atoms with Crippen LogP contribution in [0.4, 0.5) is 0 Å². The van der Waals surface area contributed by atoms with Crippen LogP contribution in [0.15, 0.2) is 4.99 Å². The summed E-state index contributed by atoms with van der Waals surface area (Å²) in [7, 11) is 1.92. The third kappa shape index (κ3) is 3.71. The predicted octanol–water partition coefficient (Wildman–Crippen LogP) is 2.64. The van der Waals surface area contributed by atoms with E-state index in [2.05, 4.69) is 15.2 Å². The average molecular weight is 293 g/mol. The Kier molecular flexibility index (Phi) is 5.04. The van der Waals surface area contributed by atoms with Crippen LogP contribution < -0.4 is 5.32 Å². The largest absolute Gasteiger partial charge is 0.381 e. The molecule has 4 nitrogen and oxygen atoms in total. The second-order valence-corrected chi connectivity index (χ2v) is 7.24. The van der Waals surface area contributed by atoms with Crippen molar-refractivity contribution in [3.63, 3.8) is 0 Å². The lowest BCUT2D eigenvalue weighted by Crippen LogP contribution is -2.42. The van der Waals surface area contributed by atoms with Crippen LogP contribution in [0.25, 0.3) is 0 Å². The highest BCUT2D eigenvalue weighted by molar-refractivity contribution is 5.80. The number of nitrogens with zero attached hydrogens (tertiary/aromatic N) is 2. The predicted molar refractivity (Wildman–Crippen MR) is 86.6 cm³/mol. The summed E-state index contributed by atoms with van der Waals surface area (Å²) in [6.45, 7) is 5.23. The van der Waals surface area contributed by atoms with Gasteiger partial charge in [0.05, 0.1) is 6.61 Å². The molecule has 1 spiro atoms. The van der Waals surface area contributed by atoms with E-state index < -0.39 is 0 Å². The number of rotatable bonds is 3. The summed E-state index contributed by atoms with van der Waals surface area (Å²) in [6, 6.07) is 0. The Balaban J connectivity index is 1.43. The smallest absolute Gasteiger partial charge is 0.193 e. The standard InChI is InChI=1S/C17H31N3O/c1-18-16(19-10-7-15-5-3-2-4-6-15)20-11-8-17(13-20)9-12-21-14-17/h15H,2-14H2,1H3,(H,18,19). The minimum atomic E-state index is 0.418. The minimum absolute atomic E-state index is 0.418. The maximum Gasteiger partial charge on any atom is 0.193 e. The first kappa shape index (κ1) is 15.1. The van der Waals surface area contributed by atoms with E-state index in [0.717, 1.165) is 44.7 Å². The summed E-state index contributed by atoms with van der Waals surface area (Å²) in [5, 5.41) is 3.60. The molecular weight excluding hydrogens is 262 g/mol. The fourth-order valence-electron chi connectivity index (χ4n) is 4.28. The van der Waals surface area contributed by atoms with Crippen LogP contribution in [-0.2, 0) is 4.74 Å². The molecule has 0 bridgehead atoms. The molecule has 120 valence electrons. The molecule has 0 aromatic heterocycles. The van der Waals surface area contributed by atoms with Gasteiger partial charge in [-0.1, -0.05) is 32.1 Å². The highest BCUT2D eigenvalue weighted by Gasteiger charge is 2.42. The average Bonchev–Trinajstić information content (AvgIpc) is 3.15. The first-order valence-corrected chi connectivity index (χ1v) is 8.85. The maximum absolute atomic E-state index is 5.62. The van der Waals surface area contributed by atoms with Crippen molar-refractivity contribution in [2.75, 3.05) is 39.9 Å². The van der Waals surface area contributed by atoms with Gasteiger partial charge in [-0.2, -0.15) is 0 Å². The number of aliphatic imine (C=N–C) groups is 1. The number of nitrogens with one attached hydrogen (secondary N) is 1. The van der Waals surface area contributed by atoms with Gasteiger partial charge in [0.25, 0.3) is 0 Å². The van der Waals surface area contributed by atoms with Crippen LogP contribution in [0.2, 0.25) is 0 Å². The third-order valence-electron chi connectivity index (χ3n) is 5.70. The molecule has 0 amide bonds. The number of likely N-dealkylation sites (tertiary alicyclic amines) is 1.